The number of nitrogens with zero attached hydrogens (tertiary/aromatic N) is 1. The lowest BCUT2D eigenvalue weighted by molar-refractivity contribution is -0.384. The number of anilines is 1. The highest BCUT2D eigenvalue weighted by molar-refractivity contribution is 6.32. The highest BCUT2D eigenvalue weighted by Gasteiger charge is 2.14. The quantitative estimate of drug-likeness (QED) is 0.260. The molecule has 5 nitrogen and oxygen atoms in total. The topological polar surface area (TPSA) is 72.2 Å². The van der Waals surface area contributed by atoms with Crippen molar-refractivity contribution in [2.75, 3.05) is 5.32 Å². The van der Waals surface area contributed by atoms with Gasteiger partial charge in [-0.2, -0.15) is 0 Å². The molecule has 0 fully saturated rings. The van der Waals surface area contributed by atoms with E-state index in [9.17, 15) is 14.9 Å². The number of non-ortho nitro benzene ring substituents is 1. The molecule has 140 valence electrons. The van der Waals surface area contributed by atoms with Crippen molar-refractivity contribution in [3.05, 3.63) is 105 Å². The molecular weight excluding hydrogens is 376 g/mol. The maximum atomic E-state index is 13.0. The van der Waals surface area contributed by atoms with E-state index < -0.39 is 4.92 Å². The second kappa shape index (κ2) is 8.50. The van der Waals surface area contributed by atoms with Crippen molar-refractivity contribution in [2.45, 2.75) is 6.92 Å². The number of nitro groups is 1. The van der Waals surface area contributed by atoms with Crippen molar-refractivity contribution >= 4 is 40.5 Å². The highest BCUT2D eigenvalue weighted by atomic mass is 35.5. The number of hydrogen-bond donors (Lipinski definition) is 1. The third-order valence-electron chi connectivity index (χ3n) is 4.26. The Kier molecular flexibility index (Phi) is 5.87. The van der Waals surface area contributed by atoms with Crippen molar-refractivity contribution in [2.24, 2.45) is 0 Å². The Morgan fingerprint density at radius 2 is 1.68 bits per heavy atom. The molecule has 1 N–H and O–H groups in total. The summed E-state index contributed by atoms with van der Waals surface area (Å²) < 4.78 is 0. The second-order valence-electron chi connectivity index (χ2n) is 6.14. The zero-order valence-electron chi connectivity index (χ0n) is 15.1. The Balaban J connectivity index is 1.98. The SMILES string of the molecule is Cc1c(Cl)cccc1NC(=O)/C(=C/c1ccc([N+](=O)[O-])cc1)c1ccccc1. The monoisotopic (exact) mass is 392 g/mol. The first-order chi connectivity index (χ1) is 13.5. The minimum Gasteiger partial charge on any atom is -0.322 e. The van der Waals surface area contributed by atoms with E-state index in [-0.39, 0.29) is 11.6 Å². The van der Waals surface area contributed by atoms with Crippen LogP contribution in [0.2, 0.25) is 5.02 Å². The van der Waals surface area contributed by atoms with Gasteiger partial charge >= 0.3 is 0 Å². The number of carbonyl (C=O) groups is 1. The molecule has 0 unspecified atom stereocenters. The number of carbonyl (C=O) groups excluding carboxylic acids is 1. The summed E-state index contributed by atoms with van der Waals surface area (Å²) in [6.45, 7) is 1.83. The van der Waals surface area contributed by atoms with Gasteiger partial charge in [0.15, 0.2) is 0 Å². The number of rotatable bonds is 5. The van der Waals surface area contributed by atoms with Crippen molar-refractivity contribution in [3.8, 4) is 0 Å². The van der Waals surface area contributed by atoms with Crippen LogP contribution in [0.3, 0.4) is 0 Å². The standard InChI is InChI=1S/C22H17ClN2O3/c1-15-20(23)8-5-9-21(15)24-22(26)19(17-6-3-2-4-7-17)14-16-10-12-18(13-11-16)25(27)28/h2-14H,1H3,(H,24,26)/b19-14+. The van der Waals surface area contributed by atoms with E-state index in [1.54, 1.807) is 36.4 Å². The first-order valence-corrected chi connectivity index (χ1v) is 8.91. The smallest absolute Gasteiger partial charge is 0.269 e. The Labute approximate surface area is 167 Å². The summed E-state index contributed by atoms with van der Waals surface area (Å²) >= 11 is 6.14. The molecule has 0 saturated heterocycles. The van der Waals surface area contributed by atoms with Gasteiger partial charge in [0.1, 0.15) is 0 Å². The summed E-state index contributed by atoms with van der Waals surface area (Å²) in [6.07, 6.45) is 1.70. The van der Waals surface area contributed by atoms with Gasteiger partial charge in [-0.1, -0.05) is 48.0 Å². The van der Waals surface area contributed by atoms with Crippen LogP contribution in [-0.4, -0.2) is 10.8 Å². The predicted molar refractivity (Wildman–Crippen MR) is 112 cm³/mol. The Hall–Kier alpha value is -3.44. The van der Waals surface area contributed by atoms with Crippen molar-refractivity contribution in [1.29, 1.82) is 0 Å². The van der Waals surface area contributed by atoms with Crippen molar-refractivity contribution in [3.63, 3.8) is 0 Å². The lowest BCUT2D eigenvalue weighted by Crippen LogP contribution is -2.14. The van der Waals surface area contributed by atoms with Crippen LogP contribution in [0, 0.1) is 17.0 Å². The van der Waals surface area contributed by atoms with E-state index >= 15 is 0 Å². The molecule has 0 bridgehead atoms. The molecule has 0 heterocycles. The largest absolute Gasteiger partial charge is 0.322 e. The summed E-state index contributed by atoms with van der Waals surface area (Å²) in [6, 6.07) is 20.6. The van der Waals surface area contributed by atoms with E-state index in [0.29, 0.717) is 21.8 Å². The normalized spacial score (nSPS) is 11.1. The van der Waals surface area contributed by atoms with Crippen LogP contribution in [0.1, 0.15) is 16.7 Å². The first kappa shape index (κ1) is 19.3. The molecule has 3 aromatic rings. The van der Waals surface area contributed by atoms with Gasteiger partial charge in [0.2, 0.25) is 0 Å². The Morgan fingerprint density at radius 1 is 1.00 bits per heavy atom. The molecule has 3 aromatic carbocycles. The molecular formula is C22H17ClN2O3. The predicted octanol–water partition coefficient (Wildman–Crippen LogP) is 5.74. The summed E-state index contributed by atoms with van der Waals surface area (Å²) in [4.78, 5) is 23.4. The van der Waals surface area contributed by atoms with E-state index in [0.717, 1.165) is 11.1 Å². The molecule has 0 atom stereocenters. The zero-order valence-corrected chi connectivity index (χ0v) is 15.8. The van der Waals surface area contributed by atoms with Gasteiger partial charge in [-0.3, -0.25) is 14.9 Å². The zero-order chi connectivity index (χ0) is 20.1. The summed E-state index contributed by atoms with van der Waals surface area (Å²) in [5.74, 6) is -0.296. The molecule has 0 aliphatic heterocycles. The summed E-state index contributed by atoms with van der Waals surface area (Å²) in [7, 11) is 0. The Morgan fingerprint density at radius 3 is 2.32 bits per heavy atom. The number of nitrogens with one attached hydrogen (secondary N) is 1. The fourth-order valence-corrected chi connectivity index (χ4v) is 2.86. The molecule has 0 saturated carbocycles. The van der Waals surface area contributed by atoms with Crippen molar-refractivity contribution < 1.29 is 9.72 Å². The maximum Gasteiger partial charge on any atom is 0.269 e. The van der Waals surface area contributed by atoms with E-state index in [1.807, 2.05) is 37.3 Å². The van der Waals surface area contributed by atoms with Gasteiger partial charge in [0, 0.05) is 28.4 Å². The fraction of sp³-hybridized carbons (Fsp3) is 0.0455. The number of hydrogen-bond acceptors (Lipinski definition) is 3. The lowest BCUT2D eigenvalue weighted by atomic mass is 10.0. The van der Waals surface area contributed by atoms with E-state index in [1.165, 1.54) is 12.1 Å². The van der Waals surface area contributed by atoms with Crippen LogP contribution in [0.5, 0.6) is 0 Å². The minimum atomic E-state index is -0.458. The maximum absolute atomic E-state index is 13.0. The van der Waals surface area contributed by atoms with Gasteiger partial charge < -0.3 is 5.32 Å². The molecule has 0 radical (unpaired) electrons. The van der Waals surface area contributed by atoms with Crippen LogP contribution >= 0.6 is 11.6 Å². The molecule has 6 heteroatoms. The fourth-order valence-electron chi connectivity index (χ4n) is 2.69. The van der Waals surface area contributed by atoms with E-state index in [2.05, 4.69) is 5.32 Å². The lowest BCUT2D eigenvalue weighted by Gasteiger charge is -2.12. The molecule has 3 rings (SSSR count). The van der Waals surface area contributed by atoms with Crippen LogP contribution in [0.4, 0.5) is 11.4 Å². The third-order valence-corrected chi connectivity index (χ3v) is 4.67. The van der Waals surface area contributed by atoms with E-state index in [4.69, 9.17) is 11.6 Å². The summed E-state index contributed by atoms with van der Waals surface area (Å²) in [5.41, 5.74) is 3.26. The molecule has 28 heavy (non-hydrogen) atoms. The average Bonchev–Trinajstić information content (AvgIpc) is 2.70. The minimum absolute atomic E-state index is 0.00239. The molecule has 0 aliphatic rings. The number of benzene rings is 3. The van der Waals surface area contributed by atoms with Crippen LogP contribution in [0.25, 0.3) is 11.6 Å². The van der Waals surface area contributed by atoms with Crippen LogP contribution in [-0.2, 0) is 4.79 Å². The van der Waals surface area contributed by atoms with Gasteiger partial charge in [-0.25, -0.2) is 0 Å². The molecule has 0 aliphatic carbocycles. The van der Waals surface area contributed by atoms with Gasteiger partial charge in [-0.05, 0) is 54.0 Å². The molecule has 0 aromatic heterocycles. The molecule has 1 amide bonds. The number of nitro benzene ring substituents is 1. The first-order valence-electron chi connectivity index (χ1n) is 8.54. The van der Waals surface area contributed by atoms with Gasteiger partial charge in [0.25, 0.3) is 11.6 Å². The van der Waals surface area contributed by atoms with Crippen LogP contribution < -0.4 is 5.32 Å². The third kappa shape index (κ3) is 4.45. The Bertz CT molecular complexity index is 1050. The van der Waals surface area contributed by atoms with Crippen molar-refractivity contribution in [1.82, 2.24) is 0 Å². The number of amides is 1. The van der Waals surface area contributed by atoms with Gasteiger partial charge in [0.05, 0.1) is 4.92 Å². The highest BCUT2D eigenvalue weighted by Crippen LogP contribution is 2.26. The van der Waals surface area contributed by atoms with Crippen LogP contribution in [0.15, 0.2) is 72.8 Å². The average molecular weight is 393 g/mol. The van der Waals surface area contributed by atoms with Gasteiger partial charge in [-0.15, -0.1) is 0 Å². The summed E-state index contributed by atoms with van der Waals surface area (Å²) in [5, 5.41) is 14.3. The molecule has 0 spiro atoms. The second-order valence-corrected chi connectivity index (χ2v) is 6.55. The number of halogens is 1.